The molecule has 3 N–H and O–H groups in total. The minimum atomic E-state index is -0.274. The number of hydrogen-bond acceptors (Lipinski definition) is 4. The number of nitrogens with two attached hydrogens (primary N) is 1. The molecule has 2 aromatic heterocycles. The molecule has 21 heavy (non-hydrogen) atoms. The maximum Gasteiger partial charge on any atom is 0.274 e. The lowest BCUT2D eigenvalue weighted by molar-refractivity contribution is 0.102. The molecule has 0 saturated heterocycles. The summed E-state index contributed by atoms with van der Waals surface area (Å²) in [4.78, 5) is 20.6. The molecule has 3 aromatic rings. The Balaban J connectivity index is 1.97. The van der Waals surface area contributed by atoms with Crippen LogP contribution < -0.4 is 11.1 Å². The third-order valence-electron chi connectivity index (χ3n) is 3.24. The van der Waals surface area contributed by atoms with Gasteiger partial charge < -0.3 is 11.1 Å². The maximum atomic E-state index is 12.2. The smallest absolute Gasteiger partial charge is 0.274 e. The van der Waals surface area contributed by atoms with Gasteiger partial charge in [0.1, 0.15) is 5.69 Å². The van der Waals surface area contributed by atoms with Crippen molar-refractivity contribution in [3.05, 3.63) is 60.0 Å². The SMILES string of the molecule is Cc1ccc(NC(=O)c2ccc(N)cn2)c2cccnc12. The van der Waals surface area contributed by atoms with E-state index < -0.39 is 0 Å². The number of pyridine rings is 2. The van der Waals surface area contributed by atoms with Gasteiger partial charge >= 0.3 is 0 Å². The van der Waals surface area contributed by atoms with Crippen molar-refractivity contribution in [2.75, 3.05) is 11.1 Å². The van der Waals surface area contributed by atoms with E-state index in [0.29, 0.717) is 17.1 Å². The molecule has 0 spiro atoms. The zero-order valence-electron chi connectivity index (χ0n) is 11.5. The van der Waals surface area contributed by atoms with Crippen molar-refractivity contribution in [3.63, 3.8) is 0 Å². The Labute approximate surface area is 121 Å². The number of amides is 1. The van der Waals surface area contributed by atoms with Gasteiger partial charge in [-0.3, -0.25) is 9.78 Å². The van der Waals surface area contributed by atoms with Crippen LogP contribution in [0.5, 0.6) is 0 Å². The molecule has 0 aliphatic heterocycles. The molecule has 104 valence electrons. The van der Waals surface area contributed by atoms with Gasteiger partial charge in [-0.2, -0.15) is 0 Å². The van der Waals surface area contributed by atoms with Crippen LogP contribution in [0.2, 0.25) is 0 Å². The van der Waals surface area contributed by atoms with Crippen LogP contribution in [-0.4, -0.2) is 15.9 Å². The van der Waals surface area contributed by atoms with Crippen LogP contribution in [0.3, 0.4) is 0 Å². The second-order valence-corrected chi connectivity index (χ2v) is 4.76. The van der Waals surface area contributed by atoms with Gasteiger partial charge in [0.05, 0.1) is 23.1 Å². The summed E-state index contributed by atoms with van der Waals surface area (Å²) in [5.74, 6) is -0.274. The van der Waals surface area contributed by atoms with E-state index in [0.717, 1.165) is 16.5 Å². The third-order valence-corrected chi connectivity index (χ3v) is 3.24. The van der Waals surface area contributed by atoms with Crippen molar-refractivity contribution in [3.8, 4) is 0 Å². The molecular weight excluding hydrogens is 264 g/mol. The molecule has 1 amide bonds. The van der Waals surface area contributed by atoms with Crippen molar-refractivity contribution >= 4 is 28.2 Å². The van der Waals surface area contributed by atoms with E-state index in [-0.39, 0.29) is 5.91 Å². The van der Waals surface area contributed by atoms with E-state index in [2.05, 4.69) is 15.3 Å². The summed E-state index contributed by atoms with van der Waals surface area (Å²) in [6, 6.07) is 10.8. The van der Waals surface area contributed by atoms with Crippen LogP contribution in [0.1, 0.15) is 16.1 Å². The Morgan fingerprint density at radius 3 is 2.76 bits per heavy atom. The van der Waals surface area contributed by atoms with Crippen molar-refractivity contribution in [2.24, 2.45) is 0 Å². The van der Waals surface area contributed by atoms with E-state index in [4.69, 9.17) is 5.73 Å². The van der Waals surface area contributed by atoms with Crippen molar-refractivity contribution < 1.29 is 4.79 Å². The molecule has 1 aromatic carbocycles. The van der Waals surface area contributed by atoms with Gasteiger partial charge in [-0.05, 0) is 42.8 Å². The Kier molecular flexibility index (Phi) is 3.23. The van der Waals surface area contributed by atoms with Gasteiger partial charge in [0.25, 0.3) is 5.91 Å². The van der Waals surface area contributed by atoms with Gasteiger partial charge in [0.2, 0.25) is 0 Å². The highest BCUT2D eigenvalue weighted by Crippen LogP contribution is 2.24. The highest BCUT2D eigenvalue weighted by Gasteiger charge is 2.10. The first-order valence-electron chi connectivity index (χ1n) is 6.52. The first-order chi connectivity index (χ1) is 10.1. The normalized spacial score (nSPS) is 10.5. The summed E-state index contributed by atoms with van der Waals surface area (Å²) >= 11 is 0. The summed E-state index contributed by atoms with van der Waals surface area (Å²) in [6.45, 7) is 1.99. The van der Waals surface area contributed by atoms with Crippen molar-refractivity contribution in [1.29, 1.82) is 0 Å². The van der Waals surface area contributed by atoms with E-state index in [1.165, 1.54) is 6.20 Å². The molecule has 0 unspecified atom stereocenters. The minimum absolute atomic E-state index is 0.274. The highest BCUT2D eigenvalue weighted by molar-refractivity contribution is 6.08. The number of anilines is 2. The fourth-order valence-corrected chi connectivity index (χ4v) is 2.15. The number of rotatable bonds is 2. The van der Waals surface area contributed by atoms with Gasteiger partial charge in [0, 0.05) is 11.6 Å². The Morgan fingerprint density at radius 2 is 2.00 bits per heavy atom. The molecular formula is C16H14N4O. The quantitative estimate of drug-likeness (QED) is 0.755. The largest absolute Gasteiger partial charge is 0.397 e. The molecule has 2 heterocycles. The van der Waals surface area contributed by atoms with Gasteiger partial charge in [0.15, 0.2) is 0 Å². The number of hydrogen-bond donors (Lipinski definition) is 2. The number of carbonyl (C=O) groups is 1. The van der Waals surface area contributed by atoms with Crippen LogP contribution in [0.25, 0.3) is 10.9 Å². The molecule has 5 nitrogen and oxygen atoms in total. The zero-order valence-corrected chi connectivity index (χ0v) is 11.5. The Bertz CT molecular complexity index is 812. The summed E-state index contributed by atoms with van der Waals surface area (Å²) < 4.78 is 0. The number of nitrogens with zero attached hydrogens (tertiary/aromatic N) is 2. The summed E-state index contributed by atoms with van der Waals surface area (Å²) in [5, 5.41) is 3.77. The van der Waals surface area contributed by atoms with E-state index in [9.17, 15) is 4.79 Å². The van der Waals surface area contributed by atoms with Crippen LogP contribution in [0.4, 0.5) is 11.4 Å². The standard InChI is InChI=1S/C16H14N4O/c1-10-4-6-13(12-3-2-8-18-15(10)12)20-16(21)14-7-5-11(17)9-19-14/h2-9H,17H2,1H3,(H,20,21). The first kappa shape index (κ1) is 13.1. The minimum Gasteiger partial charge on any atom is -0.397 e. The number of nitrogens with one attached hydrogen (secondary N) is 1. The fourth-order valence-electron chi connectivity index (χ4n) is 2.15. The van der Waals surface area contributed by atoms with E-state index >= 15 is 0 Å². The lowest BCUT2D eigenvalue weighted by atomic mass is 10.1. The third kappa shape index (κ3) is 2.53. The van der Waals surface area contributed by atoms with Crippen LogP contribution in [-0.2, 0) is 0 Å². The summed E-state index contributed by atoms with van der Waals surface area (Å²) in [6.07, 6.45) is 3.20. The lowest BCUT2D eigenvalue weighted by Crippen LogP contribution is -2.14. The Morgan fingerprint density at radius 1 is 1.14 bits per heavy atom. The van der Waals surface area contributed by atoms with Crippen LogP contribution in [0, 0.1) is 6.92 Å². The summed E-state index contributed by atoms with van der Waals surface area (Å²) in [7, 11) is 0. The van der Waals surface area contributed by atoms with Crippen molar-refractivity contribution in [1.82, 2.24) is 9.97 Å². The van der Waals surface area contributed by atoms with Crippen molar-refractivity contribution in [2.45, 2.75) is 6.92 Å². The lowest BCUT2D eigenvalue weighted by Gasteiger charge is -2.09. The molecule has 0 aliphatic carbocycles. The molecule has 0 radical (unpaired) electrons. The number of aryl methyl sites for hydroxylation is 1. The predicted octanol–water partition coefficient (Wildman–Crippen LogP) is 2.77. The topological polar surface area (TPSA) is 80.9 Å². The number of carbonyl (C=O) groups excluding carboxylic acids is 1. The molecule has 3 rings (SSSR count). The van der Waals surface area contributed by atoms with E-state index in [1.54, 1.807) is 18.3 Å². The van der Waals surface area contributed by atoms with E-state index in [1.807, 2.05) is 31.2 Å². The molecule has 0 fully saturated rings. The number of fused-ring (bicyclic) bond motifs is 1. The molecule has 0 atom stereocenters. The van der Waals surface area contributed by atoms with Gasteiger partial charge in [-0.15, -0.1) is 0 Å². The number of aromatic nitrogens is 2. The molecule has 5 heteroatoms. The summed E-state index contributed by atoms with van der Waals surface area (Å²) in [5.41, 5.74) is 9.07. The van der Waals surface area contributed by atoms with Crippen LogP contribution >= 0.6 is 0 Å². The average Bonchev–Trinajstić information content (AvgIpc) is 2.51. The highest BCUT2D eigenvalue weighted by atomic mass is 16.1. The molecule has 0 aliphatic rings. The number of benzene rings is 1. The maximum absolute atomic E-state index is 12.2. The predicted molar refractivity (Wildman–Crippen MR) is 83.1 cm³/mol. The average molecular weight is 278 g/mol. The second kappa shape index (κ2) is 5.20. The number of nitrogen functional groups attached to an aromatic ring is 1. The Hall–Kier alpha value is -2.95. The zero-order chi connectivity index (χ0) is 14.8. The van der Waals surface area contributed by atoms with Gasteiger partial charge in [-0.25, -0.2) is 4.98 Å². The van der Waals surface area contributed by atoms with Crippen LogP contribution in [0.15, 0.2) is 48.8 Å². The second-order valence-electron chi connectivity index (χ2n) is 4.76. The first-order valence-corrected chi connectivity index (χ1v) is 6.52. The monoisotopic (exact) mass is 278 g/mol. The molecule has 0 saturated carbocycles. The molecule has 0 bridgehead atoms. The fraction of sp³-hybridized carbons (Fsp3) is 0.0625. The van der Waals surface area contributed by atoms with Gasteiger partial charge in [-0.1, -0.05) is 6.07 Å².